The van der Waals surface area contributed by atoms with Gasteiger partial charge in [-0.05, 0) is 12.2 Å². The van der Waals surface area contributed by atoms with Crippen molar-refractivity contribution in [1.29, 1.82) is 0 Å². The molecule has 1 saturated heterocycles. The lowest BCUT2D eigenvalue weighted by Crippen LogP contribution is -2.60. The maximum Gasteiger partial charge on any atom is 0.184 e. The van der Waals surface area contributed by atoms with Crippen LogP contribution in [0.4, 0.5) is 0 Å². The highest BCUT2D eigenvalue weighted by atomic mass is 32.1. The molecule has 0 radical (unpaired) electrons. The molecule has 0 aromatic carbocycles. The molecule has 1 fully saturated rings. The van der Waals surface area contributed by atoms with Gasteiger partial charge in [0.25, 0.3) is 0 Å². The highest BCUT2D eigenvalue weighted by molar-refractivity contribution is 7.80. The van der Waals surface area contributed by atoms with Gasteiger partial charge in [-0.15, -0.1) is 0 Å². The number of nitrogens with one attached hydrogen (secondary N) is 2. The van der Waals surface area contributed by atoms with Crippen LogP contribution in [-0.2, 0) is 4.74 Å². The molecule has 5 atom stereocenters. The minimum absolute atomic E-state index is 0.113. The van der Waals surface area contributed by atoms with Crippen molar-refractivity contribution in [3.8, 4) is 0 Å². The van der Waals surface area contributed by atoms with Crippen molar-refractivity contribution < 1.29 is 25.2 Å². The minimum atomic E-state index is -1.52. The van der Waals surface area contributed by atoms with Crippen molar-refractivity contribution in [2.24, 2.45) is 0 Å². The zero-order chi connectivity index (χ0) is 12.3. The Labute approximate surface area is 98.0 Å². The van der Waals surface area contributed by atoms with Crippen LogP contribution in [0.25, 0.3) is 0 Å². The molecule has 0 spiro atoms. The molecule has 0 aliphatic carbocycles. The van der Waals surface area contributed by atoms with Crippen molar-refractivity contribution in [1.82, 2.24) is 10.6 Å². The summed E-state index contributed by atoms with van der Waals surface area (Å²) in [6.45, 7) is 0.113. The van der Waals surface area contributed by atoms with E-state index < -0.39 is 30.7 Å². The monoisotopic (exact) mass is 252 g/mol. The van der Waals surface area contributed by atoms with Gasteiger partial charge in [0, 0.05) is 13.6 Å². The number of aliphatic hydroxyl groups excluding tert-OH is 4. The van der Waals surface area contributed by atoms with Gasteiger partial charge >= 0.3 is 0 Å². The van der Waals surface area contributed by atoms with Crippen molar-refractivity contribution >= 4 is 17.3 Å². The number of ether oxygens (including phenoxy) is 1. The highest BCUT2D eigenvalue weighted by Gasteiger charge is 2.42. The van der Waals surface area contributed by atoms with Crippen molar-refractivity contribution in [3.05, 3.63) is 0 Å². The fourth-order valence-electron chi connectivity index (χ4n) is 1.38. The number of hydrogen-bond acceptors (Lipinski definition) is 6. The Morgan fingerprint density at radius 3 is 2.38 bits per heavy atom. The average molecular weight is 252 g/mol. The third-order valence-corrected chi connectivity index (χ3v) is 2.73. The van der Waals surface area contributed by atoms with Crippen molar-refractivity contribution in [3.63, 3.8) is 0 Å². The van der Waals surface area contributed by atoms with Gasteiger partial charge in [-0.3, -0.25) is 0 Å². The molecule has 6 N–H and O–H groups in total. The summed E-state index contributed by atoms with van der Waals surface area (Å²) < 4.78 is 4.92. The summed E-state index contributed by atoms with van der Waals surface area (Å²) in [7, 11) is 1.63. The Morgan fingerprint density at radius 2 is 1.81 bits per heavy atom. The Kier molecular flexibility index (Phi) is 4.84. The normalized spacial score (nSPS) is 39.2. The first kappa shape index (κ1) is 13.6. The predicted octanol–water partition coefficient (Wildman–Crippen LogP) is -3.12. The fourth-order valence-corrected chi connectivity index (χ4v) is 1.46. The van der Waals surface area contributed by atoms with E-state index in [0.717, 1.165) is 0 Å². The summed E-state index contributed by atoms with van der Waals surface area (Å²) >= 11 is 4.81. The van der Waals surface area contributed by atoms with Crippen LogP contribution >= 0.6 is 12.2 Å². The quantitative estimate of drug-likeness (QED) is 0.286. The van der Waals surface area contributed by atoms with Crippen LogP contribution in [0.5, 0.6) is 0 Å². The third kappa shape index (κ3) is 3.00. The van der Waals surface area contributed by atoms with Gasteiger partial charge in [-0.2, -0.15) is 0 Å². The largest absolute Gasteiger partial charge is 0.388 e. The van der Waals surface area contributed by atoms with Gasteiger partial charge < -0.3 is 35.8 Å². The summed E-state index contributed by atoms with van der Waals surface area (Å²) in [5, 5.41) is 43.1. The molecule has 94 valence electrons. The van der Waals surface area contributed by atoms with E-state index in [1.54, 1.807) is 7.05 Å². The summed E-state index contributed by atoms with van der Waals surface area (Å²) in [6, 6.07) is 0. The molecule has 1 aliphatic rings. The zero-order valence-corrected chi connectivity index (χ0v) is 9.52. The standard InChI is InChI=1S/C8H16N2O5S/c1-9-8(16)10-2-3-4(11)5(12)6(13)7(14)15-3/h3-7,11-14H,2H2,1H3,(H2,9,10,16)/t3-,4+,5+,6-,7?/m1/s1. The van der Waals surface area contributed by atoms with Gasteiger partial charge in [0.05, 0.1) is 0 Å². The lowest BCUT2D eigenvalue weighted by molar-refractivity contribution is -0.279. The second-order valence-electron chi connectivity index (χ2n) is 3.50. The average Bonchev–Trinajstić information content (AvgIpc) is 2.28. The van der Waals surface area contributed by atoms with Gasteiger partial charge in [0.15, 0.2) is 11.4 Å². The Balaban J connectivity index is 2.50. The summed E-state index contributed by atoms with van der Waals surface area (Å²) in [4.78, 5) is 0. The van der Waals surface area contributed by atoms with E-state index in [4.69, 9.17) is 17.0 Å². The number of aliphatic hydroxyl groups is 4. The first-order valence-electron chi connectivity index (χ1n) is 4.80. The number of hydrogen-bond donors (Lipinski definition) is 6. The van der Waals surface area contributed by atoms with E-state index in [9.17, 15) is 20.4 Å². The lowest BCUT2D eigenvalue weighted by atomic mass is 9.99. The van der Waals surface area contributed by atoms with Crippen LogP contribution < -0.4 is 10.6 Å². The van der Waals surface area contributed by atoms with Gasteiger partial charge in [0.1, 0.15) is 24.4 Å². The molecule has 0 bridgehead atoms. The van der Waals surface area contributed by atoms with E-state index in [1.807, 2.05) is 0 Å². The predicted molar refractivity (Wildman–Crippen MR) is 58.6 cm³/mol. The second-order valence-corrected chi connectivity index (χ2v) is 3.91. The van der Waals surface area contributed by atoms with Crippen molar-refractivity contribution in [2.45, 2.75) is 30.7 Å². The van der Waals surface area contributed by atoms with Crippen LogP contribution in [-0.4, -0.2) is 69.8 Å². The first-order valence-corrected chi connectivity index (χ1v) is 5.21. The molecule has 16 heavy (non-hydrogen) atoms. The van der Waals surface area contributed by atoms with Crippen LogP contribution in [0.15, 0.2) is 0 Å². The van der Waals surface area contributed by atoms with E-state index in [1.165, 1.54) is 0 Å². The van der Waals surface area contributed by atoms with E-state index in [0.29, 0.717) is 5.11 Å². The molecule has 1 heterocycles. The van der Waals surface area contributed by atoms with Gasteiger partial charge in [-0.1, -0.05) is 0 Å². The van der Waals surface area contributed by atoms with Gasteiger partial charge in [0.2, 0.25) is 0 Å². The lowest BCUT2D eigenvalue weighted by Gasteiger charge is -2.38. The van der Waals surface area contributed by atoms with Crippen LogP contribution in [0.2, 0.25) is 0 Å². The topological polar surface area (TPSA) is 114 Å². The molecule has 1 unspecified atom stereocenters. The molecule has 0 aromatic rings. The number of thiocarbonyl (C=S) groups is 1. The van der Waals surface area contributed by atoms with E-state index in [2.05, 4.69) is 10.6 Å². The SMILES string of the molecule is CNC(=S)NC[C@H]1OC(O)[C@H](O)[C@@H](O)[C@H]1O. The minimum Gasteiger partial charge on any atom is -0.388 e. The molecule has 0 aromatic heterocycles. The Bertz CT molecular complexity index is 255. The maximum atomic E-state index is 9.56. The first-order chi connectivity index (χ1) is 7.47. The molecule has 1 rings (SSSR count). The number of rotatable bonds is 2. The summed E-state index contributed by atoms with van der Waals surface area (Å²) in [6.07, 6.45) is -6.61. The molecule has 8 heteroatoms. The molecule has 1 aliphatic heterocycles. The van der Waals surface area contributed by atoms with Crippen LogP contribution in [0.3, 0.4) is 0 Å². The second kappa shape index (κ2) is 5.71. The van der Waals surface area contributed by atoms with Crippen LogP contribution in [0, 0.1) is 0 Å². The Hall–Kier alpha value is -0.510. The summed E-state index contributed by atoms with van der Waals surface area (Å²) in [5.41, 5.74) is 0. The zero-order valence-electron chi connectivity index (χ0n) is 8.70. The molecular formula is C8H16N2O5S. The highest BCUT2D eigenvalue weighted by Crippen LogP contribution is 2.19. The Morgan fingerprint density at radius 1 is 1.19 bits per heavy atom. The molecule has 7 nitrogen and oxygen atoms in total. The maximum absolute atomic E-state index is 9.56. The van der Waals surface area contributed by atoms with E-state index >= 15 is 0 Å². The van der Waals surface area contributed by atoms with Crippen molar-refractivity contribution in [2.75, 3.05) is 13.6 Å². The van der Waals surface area contributed by atoms with Gasteiger partial charge in [-0.25, -0.2) is 0 Å². The fraction of sp³-hybridized carbons (Fsp3) is 0.875. The third-order valence-electron chi connectivity index (χ3n) is 2.38. The van der Waals surface area contributed by atoms with Crippen LogP contribution in [0.1, 0.15) is 0 Å². The molecular weight excluding hydrogens is 236 g/mol. The molecule has 0 saturated carbocycles. The summed E-state index contributed by atoms with van der Waals surface area (Å²) in [5.74, 6) is 0. The van der Waals surface area contributed by atoms with E-state index in [-0.39, 0.29) is 6.54 Å². The smallest absolute Gasteiger partial charge is 0.184 e. The molecule has 0 amide bonds.